The Bertz CT molecular complexity index is 780. The number of fused-ring (bicyclic) bond motifs is 1. The predicted molar refractivity (Wildman–Crippen MR) is 85.8 cm³/mol. The molecule has 0 N–H and O–H groups in total. The first-order valence-corrected chi connectivity index (χ1v) is 7.73. The van der Waals surface area contributed by atoms with Crippen molar-refractivity contribution in [2.45, 2.75) is 26.4 Å². The van der Waals surface area contributed by atoms with Crippen LogP contribution >= 0.6 is 23.2 Å². The first kappa shape index (κ1) is 14.4. The molecule has 0 amide bonds. The summed E-state index contributed by atoms with van der Waals surface area (Å²) in [7, 11) is 0. The minimum atomic E-state index is 0.583. The molecular formula is C16H16Cl2N3+. The van der Waals surface area contributed by atoms with Crippen molar-refractivity contribution in [3.05, 3.63) is 58.7 Å². The van der Waals surface area contributed by atoms with Crippen LogP contribution in [-0.4, -0.2) is 9.55 Å². The van der Waals surface area contributed by atoms with E-state index < -0.39 is 0 Å². The number of aromatic nitrogens is 3. The van der Waals surface area contributed by atoms with Crippen LogP contribution in [0.15, 0.2) is 42.7 Å². The van der Waals surface area contributed by atoms with E-state index in [2.05, 4.69) is 23.2 Å². The molecule has 0 saturated heterocycles. The van der Waals surface area contributed by atoms with E-state index in [1.54, 1.807) is 0 Å². The van der Waals surface area contributed by atoms with E-state index >= 15 is 0 Å². The van der Waals surface area contributed by atoms with Crippen LogP contribution in [0.4, 0.5) is 0 Å². The van der Waals surface area contributed by atoms with E-state index in [1.165, 1.54) is 0 Å². The minimum absolute atomic E-state index is 0.583. The zero-order valence-electron chi connectivity index (χ0n) is 11.8. The molecule has 0 atom stereocenters. The monoisotopic (exact) mass is 320 g/mol. The second-order valence-corrected chi connectivity index (χ2v) is 5.64. The smallest absolute Gasteiger partial charge is 0.253 e. The third-order valence-corrected chi connectivity index (χ3v) is 4.45. The normalized spacial score (nSPS) is 11.2. The summed E-state index contributed by atoms with van der Waals surface area (Å²) in [6.07, 6.45) is 2.77. The molecule has 0 spiro atoms. The molecule has 108 valence electrons. The van der Waals surface area contributed by atoms with Crippen molar-refractivity contribution in [3.8, 4) is 0 Å². The fourth-order valence-electron chi connectivity index (χ4n) is 2.37. The Labute approximate surface area is 133 Å². The number of imidazole rings is 1. The number of benzene rings is 1. The van der Waals surface area contributed by atoms with Crippen molar-refractivity contribution in [2.75, 3.05) is 0 Å². The molecule has 0 fully saturated rings. The quantitative estimate of drug-likeness (QED) is 0.668. The van der Waals surface area contributed by atoms with Crippen molar-refractivity contribution in [3.63, 3.8) is 0 Å². The zero-order valence-corrected chi connectivity index (χ0v) is 13.3. The second-order valence-electron chi connectivity index (χ2n) is 4.92. The lowest BCUT2D eigenvalue weighted by Crippen LogP contribution is -2.34. The highest BCUT2D eigenvalue weighted by molar-refractivity contribution is 6.39. The summed E-state index contributed by atoms with van der Waals surface area (Å²) in [4.78, 5) is 4.67. The van der Waals surface area contributed by atoms with E-state index in [1.807, 2.05) is 40.6 Å². The van der Waals surface area contributed by atoms with Gasteiger partial charge in [0.25, 0.3) is 10.3 Å². The van der Waals surface area contributed by atoms with Crippen LogP contribution in [0.25, 0.3) is 10.9 Å². The molecule has 1 aromatic carbocycles. The Balaban J connectivity index is 1.80. The zero-order chi connectivity index (χ0) is 14.8. The van der Waals surface area contributed by atoms with Gasteiger partial charge in [-0.1, -0.05) is 24.3 Å². The number of aryl methyl sites for hydroxylation is 3. The molecule has 0 saturated carbocycles. The largest absolute Gasteiger partial charge is 0.255 e. The van der Waals surface area contributed by atoms with E-state index in [9.17, 15) is 0 Å². The molecule has 0 aliphatic heterocycles. The molecule has 2 aromatic heterocycles. The van der Waals surface area contributed by atoms with Gasteiger partial charge in [-0.2, -0.15) is 0 Å². The van der Waals surface area contributed by atoms with Crippen LogP contribution in [-0.2, 0) is 19.5 Å². The number of halogens is 2. The van der Waals surface area contributed by atoms with E-state index in [4.69, 9.17) is 23.2 Å². The lowest BCUT2D eigenvalue weighted by atomic mass is 10.2. The Morgan fingerprint density at radius 2 is 1.95 bits per heavy atom. The highest BCUT2D eigenvalue weighted by Gasteiger charge is 2.18. The Morgan fingerprint density at radius 1 is 1.14 bits per heavy atom. The van der Waals surface area contributed by atoms with Gasteiger partial charge in [-0.15, -0.1) is 0 Å². The average molecular weight is 321 g/mol. The van der Waals surface area contributed by atoms with Gasteiger partial charge in [0.2, 0.25) is 6.33 Å². The molecule has 5 heteroatoms. The van der Waals surface area contributed by atoms with Gasteiger partial charge in [0.15, 0.2) is 0 Å². The number of hydrogen-bond acceptors (Lipinski definition) is 1. The summed E-state index contributed by atoms with van der Waals surface area (Å²) in [5.41, 5.74) is 2.08. The summed E-state index contributed by atoms with van der Waals surface area (Å²) in [6, 6.07) is 12.3. The van der Waals surface area contributed by atoms with E-state index in [-0.39, 0.29) is 0 Å². The first-order valence-electron chi connectivity index (χ1n) is 6.97. The Morgan fingerprint density at radius 3 is 2.71 bits per heavy atom. The Hall–Kier alpha value is -1.58. The number of rotatable bonds is 4. The van der Waals surface area contributed by atoms with Crippen molar-refractivity contribution < 1.29 is 4.57 Å². The second kappa shape index (κ2) is 6.04. The predicted octanol–water partition coefficient (Wildman–Crippen LogP) is 3.89. The molecule has 2 heterocycles. The number of para-hydroxylation sites is 1. The van der Waals surface area contributed by atoms with Gasteiger partial charge < -0.3 is 0 Å². The number of nitrogens with zero attached hydrogens (tertiary/aromatic N) is 3. The van der Waals surface area contributed by atoms with Gasteiger partial charge in [0, 0.05) is 17.5 Å². The lowest BCUT2D eigenvalue weighted by Gasteiger charge is -2.02. The molecular weight excluding hydrogens is 305 g/mol. The maximum atomic E-state index is 6.24. The lowest BCUT2D eigenvalue weighted by molar-refractivity contribution is -0.693. The maximum Gasteiger partial charge on any atom is 0.255 e. The maximum absolute atomic E-state index is 6.24. The third kappa shape index (κ3) is 2.89. The fraction of sp³-hybridized carbons (Fsp3) is 0.250. The van der Waals surface area contributed by atoms with Crippen LogP contribution in [0.5, 0.6) is 0 Å². The van der Waals surface area contributed by atoms with Crippen LogP contribution in [0, 0.1) is 0 Å². The first-order chi connectivity index (χ1) is 10.2. The Kier molecular flexibility index (Phi) is 4.13. The van der Waals surface area contributed by atoms with Crippen LogP contribution < -0.4 is 4.57 Å². The minimum Gasteiger partial charge on any atom is -0.253 e. The highest BCUT2D eigenvalue weighted by Crippen LogP contribution is 2.18. The van der Waals surface area contributed by atoms with Gasteiger partial charge in [0.1, 0.15) is 0 Å². The molecule has 21 heavy (non-hydrogen) atoms. The summed E-state index contributed by atoms with van der Waals surface area (Å²) in [6.45, 7) is 3.61. The average Bonchev–Trinajstić information content (AvgIpc) is 2.80. The van der Waals surface area contributed by atoms with Crippen LogP contribution in [0.2, 0.25) is 10.3 Å². The van der Waals surface area contributed by atoms with Gasteiger partial charge in [-0.3, -0.25) is 4.98 Å². The van der Waals surface area contributed by atoms with Gasteiger partial charge in [-0.25, -0.2) is 9.13 Å². The van der Waals surface area contributed by atoms with Crippen LogP contribution in [0.1, 0.15) is 12.6 Å². The fourth-order valence-corrected chi connectivity index (χ4v) is 2.87. The van der Waals surface area contributed by atoms with E-state index in [0.717, 1.165) is 36.1 Å². The summed E-state index contributed by atoms with van der Waals surface area (Å²) in [5, 5.41) is 2.33. The molecule has 0 unspecified atom stereocenters. The number of hydrogen-bond donors (Lipinski definition) is 0. The summed E-state index contributed by atoms with van der Waals surface area (Å²) >= 11 is 12.4. The molecule has 0 aliphatic carbocycles. The molecule has 0 bridgehead atoms. The van der Waals surface area contributed by atoms with Crippen molar-refractivity contribution in [2.24, 2.45) is 0 Å². The standard InChI is InChI=1S/C16H16Cl2N3/c1-2-20-11-21(16(18)15(20)17)10-9-13-8-7-12-5-3-4-6-14(12)19-13/h3-8,11H,2,9-10H2,1H3/q+1. The number of pyridine rings is 1. The van der Waals surface area contributed by atoms with Crippen molar-refractivity contribution in [1.29, 1.82) is 0 Å². The SMILES string of the molecule is CCn1c[n+](CCc2ccc3ccccc3n2)c(Cl)c1Cl. The molecule has 0 aliphatic rings. The molecule has 3 rings (SSSR count). The molecule has 0 radical (unpaired) electrons. The van der Waals surface area contributed by atoms with Gasteiger partial charge in [0.05, 0.1) is 18.6 Å². The summed E-state index contributed by atoms with van der Waals surface area (Å²) < 4.78 is 3.89. The molecule has 3 nitrogen and oxygen atoms in total. The van der Waals surface area contributed by atoms with Crippen molar-refractivity contribution in [1.82, 2.24) is 9.55 Å². The summed E-state index contributed by atoms with van der Waals surface area (Å²) in [5.74, 6) is 0. The van der Waals surface area contributed by atoms with E-state index in [0.29, 0.717) is 10.3 Å². The highest BCUT2D eigenvalue weighted by atomic mass is 35.5. The van der Waals surface area contributed by atoms with Crippen molar-refractivity contribution >= 4 is 34.1 Å². The molecule has 3 aromatic rings. The van der Waals surface area contributed by atoms with Crippen LogP contribution in [0.3, 0.4) is 0 Å². The third-order valence-electron chi connectivity index (χ3n) is 3.56. The van der Waals surface area contributed by atoms with Gasteiger partial charge in [-0.05, 0) is 42.3 Å². The topological polar surface area (TPSA) is 21.7 Å². The van der Waals surface area contributed by atoms with Gasteiger partial charge >= 0.3 is 0 Å².